The number of likely N-dealkylation sites (tertiary alicyclic amines) is 1. The molecule has 160 valence electrons. The van der Waals surface area contributed by atoms with Gasteiger partial charge in [-0.1, -0.05) is 24.3 Å². The van der Waals surface area contributed by atoms with Crippen molar-refractivity contribution < 1.29 is 24.2 Å². The summed E-state index contributed by atoms with van der Waals surface area (Å²) in [4.78, 5) is 43.0. The molecule has 3 atom stereocenters. The van der Waals surface area contributed by atoms with Crippen molar-refractivity contribution in [3.05, 3.63) is 41.0 Å². The number of carbonyl (C=O) groups is 3. The van der Waals surface area contributed by atoms with E-state index in [2.05, 4.69) is 10.3 Å². The molecule has 30 heavy (non-hydrogen) atoms. The van der Waals surface area contributed by atoms with Crippen LogP contribution >= 0.6 is 11.3 Å². The lowest BCUT2D eigenvalue weighted by atomic mass is 10.1. The number of nitrogens with one attached hydrogen (secondary N) is 1. The number of aromatic nitrogens is 1. The molecule has 1 saturated heterocycles. The van der Waals surface area contributed by atoms with Gasteiger partial charge in [0.25, 0.3) is 5.91 Å². The van der Waals surface area contributed by atoms with Gasteiger partial charge >= 0.3 is 5.97 Å². The molecule has 0 spiro atoms. The smallest absolute Gasteiger partial charge is 0.303 e. The number of hydrogen-bond donors (Lipinski definition) is 2. The molecule has 3 rings (SSSR count). The van der Waals surface area contributed by atoms with Crippen molar-refractivity contribution in [2.24, 2.45) is 0 Å². The van der Waals surface area contributed by atoms with Crippen molar-refractivity contribution in [3.8, 4) is 10.4 Å². The van der Waals surface area contributed by atoms with Gasteiger partial charge in [-0.2, -0.15) is 0 Å². The fourth-order valence-corrected chi connectivity index (χ4v) is 4.31. The van der Waals surface area contributed by atoms with Crippen LogP contribution in [0, 0.1) is 6.92 Å². The summed E-state index contributed by atoms with van der Waals surface area (Å²) in [7, 11) is 0. The topological polar surface area (TPSA) is 109 Å². The van der Waals surface area contributed by atoms with Crippen LogP contribution in [0.3, 0.4) is 0 Å². The van der Waals surface area contributed by atoms with Gasteiger partial charge in [0.1, 0.15) is 6.04 Å². The second kappa shape index (κ2) is 9.36. The second-order valence-electron chi connectivity index (χ2n) is 7.33. The van der Waals surface area contributed by atoms with Crippen LogP contribution in [-0.4, -0.2) is 57.6 Å². The Hall–Kier alpha value is -2.78. The minimum atomic E-state index is -1.01. The van der Waals surface area contributed by atoms with Gasteiger partial charge in [-0.05, 0) is 25.0 Å². The highest BCUT2D eigenvalue weighted by molar-refractivity contribution is 7.13. The molecule has 2 aromatic rings. The SMILES string of the molecule is CC(=O)OC(C)C(=O)N1C[C@@H](O)C[C@H]1C(=O)NCc1ccc(-c2scnc2C)cc1. The number of aliphatic hydroxyl groups is 1. The van der Waals surface area contributed by atoms with Crippen molar-refractivity contribution in [3.63, 3.8) is 0 Å². The lowest BCUT2D eigenvalue weighted by Crippen LogP contribution is -2.49. The number of carbonyl (C=O) groups excluding carboxylic acids is 3. The number of rotatable bonds is 6. The molecule has 0 aliphatic carbocycles. The van der Waals surface area contributed by atoms with E-state index >= 15 is 0 Å². The third kappa shape index (κ3) is 5.03. The maximum absolute atomic E-state index is 12.7. The number of esters is 1. The Bertz CT molecular complexity index is 927. The van der Waals surface area contributed by atoms with E-state index in [1.165, 1.54) is 18.7 Å². The Morgan fingerprint density at radius 1 is 1.33 bits per heavy atom. The molecule has 1 aromatic carbocycles. The number of benzene rings is 1. The Labute approximate surface area is 178 Å². The minimum Gasteiger partial charge on any atom is -0.453 e. The molecule has 1 aliphatic rings. The second-order valence-corrected chi connectivity index (χ2v) is 8.18. The number of β-amino-alcohol motifs (C(OH)–C–C–N with tert-alkyl or cyclic N) is 1. The van der Waals surface area contributed by atoms with E-state index in [1.54, 1.807) is 11.3 Å². The Morgan fingerprint density at radius 2 is 2.03 bits per heavy atom. The van der Waals surface area contributed by atoms with E-state index in [0.717, 1.165) is 21.7 Å². The van der Waals surface area contributed by atoms with E-state index in [0.29, 0.717) is 6.54 Å². The highest BCUT2D eigenvalue weighted by Crippen LogP contribution is 2.27. The summed E-state index contributed by atoms with van der Waals surface area (Å²) in [5.74, 6) is -1.42. The molecule has 2 heterocycles. The number of aryl methyl sites for hydroxylation is 1. The minimum absolute atomic E-state index is 0.0332. The van der Waals surface area contributed by atoms with Crippen LogP contribution in [0.4, 0.5) is 0 Å². The monoisotopic (exact) mass is 431 g/mol. The van der Waals surface area contributed by atoms with Gasteiger partial charge in [-0.25, -0.2) is 4.98 Å². The molecule has 0 bridgehead atoms. The summed E-state index contributed by atoms with van der Waals surface area (Å²) in [5.41, 5.74) is 4.78. The normalized spacial score (nSPS) is 19.4. The van der Waals surface area contributed by atoms with Crippen LogP contribution in [0.25, 0.3) is 10.4 Å². The van der Waals surface area contributed by atoms with Gasteiger partial charge in [0.05, 0.1) is 22.2 Å². The Morgan fingerprint density at radius 3 is 2.63 bits per heavy atom. The molecule has 0 saturated carbocycles. The molecular formula is C21H25N3O5S. The van der Waals surface area contributed by atoms with E-state index in [4.69, 9.17) is 4.74 Å². The quantitative estimate of drug-likeness (QED) is 0.673. The average molecular weight is 432 g/mol. The zero-order chi connectivity index (χ0) is 21.8. The van der Waals surface area contributed by atoms with E-state index < -0.39 is 30.1 Å². The molecule has 1 unspecified atom stereocenters. The van der Waals surface area contributed by atoms with Crippen molar-refractivity contribution >= 4 is 29.1 Å². The maximum atomic E-state index is 12.7. The maximum Gasteiger partial charge on any atom is 0.303 e. The number of nitrogens with zero attached hydrogens (tertiary/aromatic N) is 2. The summed E-state index contributed by atoms with van der Waals surface area (Å²) in [6, 6.07) is 7.04. The Balaban J connectivity index is 1.61. The van der Waals surface area contributed by atoms with Gasteiger partial charge in [-0.3, -0.25) is 14.4 Å². The van der Waals surface area contributed by atoms with Crippen LogP contribution in [-0.2, 0) is 25.7 Å². The molecule has 1 fully saturated rings. The summed E-state index contributed by atoms with van der Waals surface area (Å²) in [5, 5.41) is 12.8. The zero-order valence-corrected chi connectivity index (χ0v) is 17.9. The first-order chi connectivity index (χ1) is 14.3. The average Bonchev–Trinajstić information content (AvgIpc) is 3.31. The van der Waals surface area contributed by atoms with Gasteiger partial charge in [0, 0.05) is 26.4 Å². The van der Waals surface area contributed by atoms with E-state index in [9.17, 15) is 19.5 Å². The first-order valence-electron chi connectivity index (χ1n) is 9.69. The number of hydrogen-bond acceptors (Lipinski definition) is 7. The third-order valence-electron chi connectivity index (χ3n) is 4.98. The zero-order valence-electron chi connectivity index (χ0n) is 17.1. The molecule has 9 heteroatoms. The molecule has 2 amide bonds. The summed E-state index contributed by atoms with van der Waals surface area (Å²) in [6.45, 7) is 4.97. The van der Waals surface area contributed by atoms with Crippen LogP contribution in [0.2, 0.25) is 0 Å². The number of aliphatic hydroxyl groups excluding tert-OH is 1. The number of ether oxygens (including phenoxy) is 1. The molecule has 0 radical (unpaired) electrons. The van der Waals surface area contributed by atoms with Gasteiger partial charge in [0.15, 0.2) is 6.10 Å². The highest BCUT2D eigenvalue weighted by atomic mass is 32.1. The predicted octanol–water partition coefficient (Wildman–Crippen LogP) is 1.65. The first kappa shape index (κ1) is 21.9. The third-order valence-corrected chi connectivity index (χ3v) is 5.96. The van der Waals surface area contributed by atoms with Gasteiger partial charge in [-0.15, -0.1) is 11.3 Å². The molecule has 8 nitrogen and oxygen atoms in total. The summed E-state index contributed by atoms with van der Waals surface area (Å²) >= 11 is 1.58. The van der Waals surface area contributed by atoms with Crippen LogP contribution < -0.4 is 5.32 Å². The summed E-state index contributed by atoms with van der Waals surface area (Å²) in [6.07, 6.45) is -1.66. The number of amides is 2. The lowest BCUT2D eigenvalue weighted by molar-refractivity contribution is -0.158. The fourth-order valence-electron chi connectivity index (χ4n) is 3.50. The van der Waals surface area contributed by atoms with E-state index in [-0.39, 0.29) is 18.9 Å². The fraction of sp³-hybridized carbons (Fsp3) is 0.429. The van der Waals surface area contributed by atoms with Crippen LogP contribution in [0.5, 0.6) is 0 Å². The predicted molar refractivity (Wildman–Crippen MR) is 111 cm³/mol. The van der Waals surface area contributed by atoms with Crippen molar-refractivity contribution in [2.45, 2.75) is 52.0 Å². The van der Waals surface area contributed by atoms with Crippen molar-refractivity contribution in [1.29, 1.82) is 0 Å². The molecular weight excluding hydrogens is 406 g/mol. The van der Waals surface area contributed by atoms with Gasteiger partial charge in [0.2, 0.25) is 5.91 Å². The molecule has 2 N–H and O–H groups in total. The van der Waals surface area contributed by atoms with Crippen molar-refractivity contribution in [1.82, 2.24) is 15.2 Å². The summed E-state index contributed by atoms with van der Waals surface area (Å²) < 4.78 is 4.92. The largest absolute Gasteiger partial charge is 0.453 e. The highest BCUT2D eigenvalue weighted by Gasteiger charge is 2.40. The van der Waals surface area contributed by atoms with E-state index in [1.807, 2.05) is 36.7 Å². The van der Waals surface area contributed by atoms with Gasteiger partial charge < -0.3 is 20.1 Å². The lowest BCUT2D eigenvalue weighted by Gasteiger charge is -2.26. The first-order valence-corrected chi connectivity index (χ1v) is 10.6. The Kier molecular flexibility index (Phi) is 6.84. The number of thiazole rings is 1. The van der Waals surface area contributed by atoms with Crippen LogP contribution in [0.15, 0.2) is 29.8 Å². The van der Waals surface area contributed by atoms with Crippen LogP contribution in [0.1, 0.15) is 31.5 Å². The molecule has 1 aromatic heterocycles. The van der Waals surface area contributed by atoms with Crippen molar-refractivity contribution in [2.75, 3.05) is 6.54 Å². The molecule has 1 aliphatic heterocycles. The standard InChI is InChI=1S/C21H25N3O5S/c1-12-19(30-11-23-12)16-6-4-15(5-7-16)9-22-20(27)18-8-17(26)10-24(18)21(28)13(2)29-14(3)25/h4-7,11,13,17-18,26H,8-10H2,1-3H3,(H,22,27)/t13?,17-,18-/m0/s1.